The van der Waals surface area contributed by atoms with Crippen molar-refractivity contribution in [1.82, 2.24) is 15.0 Å². The van der Waals surface area contributed by atoms with Gasteiger partial charge in [0.1, 0.15) is 0 Å². The minimum Gasteiger partial charge on any atom is -0.326 e. The molecule has 2 aromatic carbocycles. The van der Waals surface area contributed by atoms with E-state index in [9.17, 15) is 0 Å². The van der Waals surface area contributed by atoms with Crippen LogP contribution >= 0.6 is 11.6 Å². The molecule has 0 unspecified atom stereocenters. The van der Waals surface area contributed by atoms with Crippen LogP contribution in [0.3, 0.4) is 0 Å². The van der Waals surface area contributed by atoms with E-state index in [4.69, 9.17) is 17.3 Å². The monoisotopic (exact) mass is 298 g/mol. The van der Waals surface area contributed by atoms with Crippen molar-refractivity contribution < 1.29 is 0 Å². The molecule has 2 N–H and O–H groups in total. The number of halogens is 1. The zero-order valence-electron chi connectivity index (χ0n) is 11.4. The Morgan fingerprint density at radius 1 is 0.952 bits per heavy atom. The smallest absolute Gasteiger partial charge is 0.0889 e. The highest BCUT2D eigenvalue weighted by Gasteiger charge is 2.07. The highest BCUT2D eigenvalue weighted by Crippen LogP contribution is 2.21. The molecule has 0 saturated heterocycles. The highest BCUT2D eigenvalue weighted by atomic mass is 35.5. The van der Waals surface area contributed by atoms with Crippen LogP contribution in [0.4, 0.5) is 0 Å². The molecule has 0 saturated carbocycles. The molecule has 0 fully saturated rings. The number of hydrogen-bond acceptors (Lipinski definition) is 3. The number of hydrogen-bond donors (Lipinski definition) is 1. The van der Waals surface area contributed by atoms with Gasteiger partial charge in [-0.1, -0.05) is 53.2 Å². The van der Waals surface area contributed by atoms with Crippen LogP contribution in [0.1, 0.15) is 11.1 Å². The molecule has 1 aromatic heterocycles. The largest absolute Gasteiger partial charge is 0.326 e. The molecular weight excluding hydrogens is 284 g/mol. The van der Waals surface area contributed by atoms with Gasteiger partial charge in [0, 0.05) is 17.1 Å². The van der Waals surface area contributed by atoms with E-state index in [0.29, 0.717) is 13.1 Å². The predicted molar refractivity (Wildman–Crippen MR) is 83.9 cm³/mol. The zero-order chi connectivity index (χ0) is 14.7. The fraction of sp³-hybridized carbons (Fsp3) is 0.125. The van der Waals surface area contributed by atoms with Crippen molar-refractivity contribution in [3.05, 3.63) is 70.9 Å². The number of benzene rings is 2. The first kappa shape index (κ1) is 13.8. The molecule has 106 valence electrons. The summed E-state index contributed by atoms with van der Waals surface area (Å²) in [4.78, 5) is 0. The molecule has 0 aliphatic heterocycles. The quantitative estimate of drug-likeness (QED) is 0.805. The number of rotatable bonds is 4. The van der Waals surface area contributed by atoms with E-state index < -0.39 is 0 Å². The number of nitrogens with zero attached hydrogens (tertiary/aromatic N) is 3. The summed E-state index contributed by atoms with van der Waals surface area (Å²) in [5, 5.41) is 8.89. The summed E-state index contributed by atoms with van der Waals surface area (Å²) in [6.45, 7) is 1.22. The molecule has 1 heterocycles. The molecule has 21 heavy (non-hydrogen) atoms. The van der Waals surface area contributed by atoms with Gasteiger partial charge in [-0.3, -0.25) is 0 Å². The molecule has 0 aliphatic rings. The predicted octanol–water partition coefficient (Wildman–Crippen LogP) is 3.11. The summed E-state index contributed by atoms with van der Waals surface area (Å²) >= 11 is 5.92. The SMILES string of the molecule is NCc1ccc(Cn2nncc2-c2ccc(Cl)cc2)cc1. The van der Waals surface area contributed by atoms with E-state index in [1.54, 1.807) is 6.20 Å². The highest BCUT2D eigenvalue weighted by molar-refractivity contribution is 6.30. The number of nitrogens with two attached hydrogens (primary N) is 1. The molecule has 3 rings (SSSR count). The summed E-state index contributed by atoms with van der Waals surface area (Å²) in [5.74, 6) is 0. The Kier molecular flexibility index (Phi) is 3.99. The Balaban J connectivity index is 1.86. The lowest BCUT2D eigenvalue weighted by atomic mass is 10.1. The van der Waals surface area contributed by atoms with Gasteiger partial charge in [-0.15, -0.1) is 5.10 Å². The third kappa shape index (κ3) is 3.12. The average molecular weight is 299 g/mol. The summed E-state index contributed by atoms with van der Waals surface area (Å²) in [6.07, 6.45) is 1.76. The summed E-state index contributed by atoms with van der Waals surface area (Å²) in [7, 11) is 0. The van der Waals surface area contributed by atoms with Crippen LogP contribution in [0.15, 0.2) is 54.7 Å². The maximum atomic E-state index is 5.92. The molecule has 5 heteroatoms. The molecule has 0 spiro atoms. The Morgan fingerprint density at radius 3 is 2.29 bits per heavy atom. The third-order valence-corrected chi connectivity index (χ3v) is 3.60. The lowest BCUT2D eigenvalue weighted by molar-refractivity contribution is 0.655. The lowest BCUT2D eigenvalue weighted by Gasteiger charge is -2.07. The molecule has 0 radical (unpaired) electrons. The first-order valence-corrected chi connectivity index (χ1v) is 7.06. The van der Waals surface area contributed by atoms with Gasteiger partial charge >= 0.3 is 0 Å². The van der Waals surface area contributed by atoms with Crippen molar-refractivity contribution in [3.63, 3.8) is 0 Å². The van der Waals surface area contributed by atoms with Gasteiger partial charge in [0.25, 0.3) is 0 Å². The van der Waals surface area contributed by atoms with Gasteiger partial charge in [-0.2, -0.15) is 0 Å². The second kappa shape index (κ2) is 6.08. The molecular formula is C16H15ClN4. The molecule has 0 atom stereocenters. The van der Waals surface area contributed by atoms with E-state index in [1.807, 2.05) is 41.1 Å². The van der Waals surface area contributed by atoms with E-state index in [2.05, 4.69) is 22.4 Å². The fourth-order valence-electron chi connectivity index (χ4n) is 2.17. The van der Waals surface area contributed by atoms with Crippen molar-refractivity contribution in [3.8, 4) is 11.3 Å². The molecule has 4 nitrogen and oxygen atoms in total. The Hall–Kier alpha value is -2.17. The van der Waals surface area contributed by atoms with Gasteiger partial charge in [0.2, 0.25) is 0 Å². The van der Waals surface area contributed by atoms with Gasteiger partial charge in [-0.25, -0.2) is 4.68 Å². The van der Waals surface area contributed by atoms with Crippen molar-refractivity contribution in [1.29, 1.82) is 0 Å². The van der Waals surface area contributed by atoms with Crippen LogP contribution in [0.2, 0.25) is 5.02 Å². The van der Waals surface area contributed by atoms with Gasteiger partial charge in [0.15, 0.2) is 0 Å². The topological polar surface area (TPSA) is 56.7 Å². The van der Waals surface area contributed by atoms with Crippen molar-refractivity contribution in [2.45, 2.75) is 13.1 Å². The minimum absolute atomic E-state index is 0.555. The minimum atomic E-state index is 0.555. The normalized spacial score (nSPS) is 10.8. The van der Waals surface area contributed by atoms with Crippen LogP contribution in [0, 0.1) is 0 Å². The molecule has 0 bridgehead atoms. The Labute approximate surface area is 128 Å². The molecule has 0 amide bonds. The van der Waals surface area contributed by atoms with Crippen molar-refractivity contribution in [2.24, 2.45) is 5.73 Å². The van der Waals surface area contributed by atoms with Gasteiger partial charge in [0.05, 0.1) is 18.4 Å². The first-order chi connectivity index (χ1) is 10.3. The van der Waals surface area contributed by atoms with Crippen molar-refractivity contribution in [2.75, 3.05) is 0 Å². The maximum Gasteiger partial charge on any atom is 0.0889 e. The van der Waals surface area contributed by atoms with Crippen LogP contribution in [0.5, 0.6) is 0 Å². The maximum absolute atomic E-state index is 5.92. The standard InChI is InChI=1S/C16H15ClN4/c17-15-7-5-14(6-8-15)16-10-19-20-21(16)11-13-3-1-12(9-18)2-4-13/h1-8,10H,9,11,18H2. The second-order valence-corrected chi connectivity index (χ2v) is 5.24. The fourth-order valence-corrected chi connectivity index (χ4v) is 2.30. The van der Waals surface area contributed by atoms with Crippen LogP contribution in [0.25, 0.3) is 11.3 Å². The van der Waals surface area contributed by atoms with E-state index in [0.717, 1.165) is 27.4 Å². The number of aromatic nitrogens is 3. The summed E-state index contributed by atoms with van der Waals surface area (Å²) in [6, 6.07) is 15.9. The lowest BCUT2D eigenvalue weighted by Crippen LogP contribution is -2.04. The third-order valence-electron chi connectivity index (χ3n) is 3.35. The van der Waals surface area contributed by atoms with Crippen LogP contribution in [-0.2, 0) is 13.1 Å². The Morgan fingerprint density at radius 2 is 1.62 bits per heavy atom. The van der Waals surface area contributed by atoms with E-state index >= 15 is 0 Å². The zero-order valence-corrected chi connectivity index (χ0v) is 12.2. The average Bonchev–Trinajstić information content (AvgIpc) is 2.97. The summed E-state index contributed by atoms with van der Waals surface area (Å²) < 4.78 is 1.88. The van der Waals surface area contributed by atoms with E-state index in [1.165, 1.54) is 0 Å². The Bertz CT molecular complexity index is 717. The van der Waals surface area contributed by atoms with Gasteiger partial charge in [-0.05, 0) is 23.3 Å². The van der Waals surface area contributed by atoms with Crippen LogP contribution < -0.4 is 5.73 Å². The second-order valence-electron chi connectivity index (χ2n) is 4.80. The summed E-state index contributed by atoms with van der Waals surface area (Å²) in [5.41, 5.74) is 9.90. The van der Waals surface area contributed by atoms with E-state index in [-0.39, 0.29) is 0 Å². The van der Waals surface area contributed by atoms with Gasteiger partial charge < -0.3 is 5.73 Å². The van der Waals surface area contributed by atoms with Crippen molar-refractivity contribution >= 4 is 11.6 Å². The molecule has 3 aromatic rings. The first-order valence-electron chi connectivity index (χ1n) is 6.68. The molecule has 0 aliphatic carbocycles. The van der Waals surface area contributed by atoms with Crippen LogP contribution in [-0.4, -0.2) is 15.0 Å².